The van der Waals surface area contributed by atoms with E-state index < -0.39 is 78.3 Å². The number of hydrogen-bond donors (Lipinski definition) is 5. The molecule has 13 nitrogen and oxygen atoms in total. The van der Waals surface area contributed by atoms with E-state index in [-0.39, 0.29) is 48.9 Å². The van der Waals surface area contributed by atoms with E-state index in [1.165, 1.54) is 13.0 Å². The second-order valence-electron chi connectivity index (χ2n) is 16.5. The van der Waals surface area contributed by atoms with E-state index in [2.05, 4.69) is 13.8 Å². The van der Waals surface area contributed by atoms with Crippen molar-refractivity contribution in [3.05, 3.63) is 11.6 Å². The quantitative estimate of drug-likeness (QED) is 0.199. The van der Waals surface area contributed by atoms with Gasteiger partial charge in [-0.3, -0.25) is 4.79 Å². The van der Waals surface area contributed by atoms with Crippen LogP contribution in [0.5, 0.6) is 0 Å². The maximum absolute atomic E-state index is 12.8. The van der Waals surface area contributed by atoms with Crippen LogP contribution >= 0.6 is 0 Å². The maximum Gasteiger partial charge on any atom is 0.331 e. The van der Waals surface area contributed by atoms with Gasteiger partial charge in [0.15, 0.2) is 12.6 Å². The van der Waals surface area contributed by atoms with Gasteiger partial charge < -0.3 is 54.0 Å². The monoisotopic (exact) mass is 694 g/mol. The highest BCUT2D eigenvalue weighted by atomic mass is 16.7. The molecule has 3 aliphatic heterocycles. The zero-order valence-corrected chi connectivity index (χ0v) is 28.9. The second kappa shape index (κ2) is 13.1. The van der Waals surface area contributed by atoms with Crippen LogP contribution in [0.15, 0.2) is 11.6 Å². The molecule has 0 bridgehead atoms. The van der Waals surface area contributed by atoms with Crippen molar-refractivity contribution in [2.45, 2.75) is 152 Å². The summed E-state index contributed by atoms with van der Waals surface area (Å²) in [5.74, 6) is -0.464. The zero-order valence-electron chi connectivity index (χ0n) is 28.9. The van der Waals surface area contributed by atoms with Gasteiger partial charge in [-0.2, -0.15) is 0 Å². The van der Waals surface area contributed by atoms with Crippen LogP contribution in [0.1, 0.15) is 85.5 Å². The lowest BCUT2D eigenvalue weighted by atomic mass is 9.43. The summed E-state index contributed by atoms with van der Waals surface area (Å²) in [6.07, 6.45) is -1.12. The normalized spacial score (nSPS) is 52.8. The van der Waals surface area contributed by atoms with E-state index in [1.54, 1.807) is 6.92 Å². The van der Waals surface area contributed by atoms with Gasteiger partial charge in [0.05, 0.1) is 30.5 Å². The number of esters is 2. The molecular weight excluding hydrogens is 640 g/mol. The third-order valence-electron chi connectivity index (χ3n) is 14.0. The first-order valence-corrected chi connectivity index (χ1v) is 18.2. The summed E-state index contributed by atoms with van der Waals surface area (Å²) in [6.45, 7) is 7.61. The first-order valence-electron chi connectivity index (χ1n) is 18.2. The molecule has 276 valence electrons. The molecule has 17 atom stereocenters. The highest BCUT2D eigenvalue weighted by molar-refractivity contribution is 5.85. The van der Waals surface area contributed by atoms with Crippen LogP contribution in [-0.4, -0.2) is 118 Å². The number of hydrogen-bond acceptors (Lipinski definition) is 13. The molecule has 0 aromatic heterocycles. The topological polar surface area (TPSA) is 191 Å². The fraction of sp³-hybridized carbons (Fsp3) is 0.889. The molecule has 13 heteroatoms. The minimum absolute atomic E-state index is 0.0164. The zero-order chi connectivity index (χ0) is 35.0. The minimum atomic E-state index is -1.35. The van der Waals surface area contributed by atoms with E-state index in [0.717, 1.165) is 50.5 Å². The Morgan fingerprint density at radius 2 is 1.71 bits per heavy atom. The Balaban J connectivity index is 0.994. The molecule has 0 aromatic carbocycles. The Bertz CT molecular complexity index is 1300. The number of aliphatic hydroxyl groups is 5. The molecule has 0 unspecified atom stereocenters. The van der Waals surface area contributed by atoms with Gasteiger partial charge in [-0.05, 0) is 80.6 Å². The number of fused-ring (bicyclic) bond motifs is 5. The largest absolute Gasteiger partial charge is 0.462 e. The first kappa shape index (κ1) is 35.7. The highest BCUT2D eigenvalue weighted by Gasteiger charge is 2.71. The number of carbonyl (C=O) groups is 2. The van der Waals surface area contributed by atoms with Crippen molar-refractivity contribution in [2.75, 3.05) is 13.2 Å². The SMILES string of the molecule is CC(=O)O[C@H]1C[C@]2(O)[C@@H]3CC[C@@H]4C[C@@H](O[C@@H]5OC[C@@H](O[C@H]6C[C@@H](O)[C@H](O)[C@@H](C)O6)[C@@H](O)[C@H]5O)CC[C@]4(C)[C@H]3CC[C@]2(C)[C@H]1C1=CC(=O)OC1. The smallest absolute Gasteiger partial charge is 0.331 e. The van der Waals surface area contributed by atoms with Crippen molar-refractivity contribution >= 4 is 11.9 Å². The number of carbonyl (C=O) groups excluding carboxylic acids is 2. The molecule has 49 heavy (non-hydrogen) atoms. The van der Waals surface area contributed by atoms with Gasteiger partial charge >= 0.3 is 11.9 Å². The lowest BCUT2D eigenvalue weighted by molar-refractivity contribution is -0.326. The molecule has 2 saturated heterocycles. The van der Waals surface area contributed by atoms with Crippen molar-refractivity contribution in [3.63, 3.8) is 0 Å². The third-order valence-corrected chi connectivity index (χ3v) is 14.0. The van der Waals surface area contributed by atoms with Crippen LogP contribution < -0.4 is 0 Å². The van der Waals surface area contributed by atoms with Crippen molar-refractivity contribution in [3.8, 4) is 0 Å². The predicted molar refractivity (Wildman–Crippen MR) is 169 cm³/mol. The lowest BCUT2D eigenvalue weighted by Crippen LogP contribution is -2.62. The van der Waals surface area contributed by atoms with E-state index in [1.807, 2.05) is 0 Å². The first-order chi connectivity index (χ1) is 23.1. The molecule has 7 aliphatic rings. The summed E-state index contributed by atoms with van der Waals surface area (Å²) in [5, 5.41) is 54.7. The standard InChI is InChI=1S/C36H54O13/c1-17-30(40)24(38)13-28(46-17)49-26-16-45-33(32(42)31(26)41)48-21-7-9-34(3)20(12-21)5-6-23-22(34)8-10-35(4)29(19-11-27(39)44-15-19)25(47-18(2)37)14-36(23,35)43/h11,17,20-26,28-33,38,40-43H,5-10,12-16H2,1-4H3/t17-,20-,21+,22+,23-,24-,25+,26-,28+,29+,30-,31-,32-,33+,34+,35-,36+/m1/s1. The summed E-state index contributed by atoms with van der Waals surface area (Å²) in [5.41, 5.74) is -0.879. The maximum atomic E-state index is 12.8. The lowest BCUT2D eigenvalue weighted by Gasteiger charge is -2.63. The molecule has 0 spiro atoms. The van der Waals surface area contributed by atoms with Gasteiger partial charge in [0, 0.05) is 37.2 Å². The van der Waals surface area contributed by atoms with Crippen LogP contribution in [0.2, 0.25) is 0 Å². The van der Waals surface area contributed by atoms with Gasteiger partial charge in [0.1, 0.15) is 37.1 Å². The van der Waals surface area contributed by atoms with Crippen LogP contribution in [0.3, 0.4) is 0 Å². The fourth-order valence-corrected chi connectivity index (χ4v) is 11.4. The van der Waals surface area contributed by atoms with E-state index >= 15 is 0 Å². The van der Waals surface area contributed by atoms with Crippen LogP contribution in [0.4, 0.5) is 0 Å². The minimum Gasteiger partial charge on any atom is -0.462 e. The van der Waals surface area contributed by atoms with Crippen molar-refractivity contribution < 1.29 is 63.5 Å². The summed E-state index contributed by atoms with van der Waals surface area (Å²) in [4.78, 5) is 24.3. The van der Waals surface area contributed by atoms with E-state index in [4.69, 9.17) is 28.4 Å². The van der Waals surface area contributed by atoms with Gasteiger partial charge in [-0.1, -0.05) is 13.8 Å². The Labute approximate surface area is 287 Å². The number of cyclic esters (lactones) is 1. The Kier molecular flexibility index (Phi) is 9.52. The van der Waals surface area contributed by atoms with Crippen LogP contribution in [-0.2, 0) is 38.0 Å². The fourth-order valence-electron chi connectivity index (χ4n) is 11.4. The molecule has 4 aliphatic carbocycles. The molecule has 0 aromatic rings. The second-order valence-corrected chi connectivity index (χ2v) is 16.5. The predicted octanol–water partition coefficient (Wildman–Crippen LogP) is 1.49. The Morgan fingerprint density at radius 1 is 0.939 bits per heavy atom. The van der Waals surface area contributed by atoms with Crippen molar-refractivity contribution in [1.82, 2.24) is 0 Å². The number of aliphatic hydroxyl groups excluding tert-OH is 4. The van der Waals surface area contributed by atoms with Crippen LogP contribution in [0.25, 0.3) is 0 Å². The number of ether oxygens (including phenoxy) is 6. The van der Waals surface area contributed by atoms with Crippen molar-refractivity contribution in [1.29, 1.82) is 0 Å². The van der Waals surface area contributed by atoms with E-state index in [9.17, 15) is 35.1 Å². The van der Waals surface area contributed by atoms with Gasteiger partial charge in [0.25, 0.3) is 0 Å². The van der Waals surface area contributed by atoms with Gasteiger partial charge in [-0.25, -0.2) is 4.79 Å². The third kappa shape index (κ3) is 5.98. The van der Waals surface area contributed by atoms with Crippen molar-refractivity contribution in [2.24, 2.45) is 34.5 Å². The average Bonchev–Trinajstić information content (AvgIpc) is 3.55. The summed E-state index contributed by atoms with van der Waals surface area (Å²) >= 11 is 0. The summed E-state index contributed by atoms with van der Waals surface area (Å²) < 4.78 is 34.8. The molecule has 3 heterocycles. The molecule has 0 radical (unpaired) electrons. The molecule has 7 rings (SSSR count). The summed E-state index contributed by atoms with van der Waals surface area (Å²) in [7, 11) is 0. The molecule has 6 fully saturated rings. The Hall–Kier alpha value is -1.68. The van der Waals surface area contributed by atoms with E-state index in [0.29, 0.717) is 12.3 Å². The van der Waals surface area contributed by atoms with Gasteiger partial charge in [0.2, 0.25) is 0 Å². The summed E-state index contributed by atoms with van der Waals surface area (Å²) in [6, 6.07) is 0. The van der Waals surface area contributed by atoms with Crippen LogP contribution in [0, 0.1) is 34.5 Å². The Morgan fingerprint density at radius 3 is 2.41 bits per heavy atom. The molecule has 0 amide bonds. The molecule has 5 N–H and O–H groups in total. The van der Waals surface area contributed by atoms with Gasteiger partial charge in [-0.15, -0.1) is 0 Å². The highest BCUT2D eigenvalue weighted by Crippen LogP contribution is 2.70. The average molecular weight is 695 g/mol. The molecular formula is C36H54O13. The molecule has 4 saturated carbocycles. The number of rotatable bonds is 6.